The molecule has 8 heteroatoms. The van der Waals surface area contributed by atoms with E-state index < -0.39 is 0 Å². The van der Waals surface area contributed by atoms with Crippen LogP contribution in [-0.4, -0.2) is 40.8 Å². The lowest BCUT2D eigenvalue weighted by Crippen LogP contribution is -2.39. The Morgan fingerprint density at radius 1 is 1.17 bits per heavy atom. The van der Waals surface area contributed by atoms with Crippen molar-refractivity contribution in [1.82, 2.24) is 15.3 Å². The summed E-state index contributed by atoms with van der Waals surface area (Å²) in [5.74, 6) is 4.04. The normalized spacial score (nSPS) is 22.1. The molecule has 2 unspecified atom stereocenters. The van der Waals surface area contributed by atoms with Gasteiger partial charge in [-0.15, -0.1) is 0 Å². The summed E-state index contributed by atoms with van der Waals surface area (Å²) in [6.07, 6.45) is 7.83. The number of nitrogens with one attached hydrogen (secondary N) is 2. The highest BCUT2D eigenvalue weighted by Gasteiger charge is 2.24. The fourth-order valence-electron chi connectivity index (χ4n) is 4.35. The molecule has 0 aromatic carbocycles. The summed E-state index contributed by atoms with van der Waals surface area (Å²) in [6.45, 7) is 8.23. The second kappa shape index (κ2) is 9.64. The number of nitrogens with zero attached hydrogens (tertiary/aromatic N) is 4. The Kier molecular flexibility index (Phi) is 6.72. The molecule has 2 atom stereocenters. The molecule has 0 aliphatic carbocycles. The third kappa shape index (κ3) is 5.22. The number of furan rings is 1. The van der Waals surface area contributed by atoms with E-state index in [1.165, 1.54) is 32.1 Å². The first-order valence-electron chi connectivity index (χ1n) is 11.1. The maximum absolute atomic E-state index is 5.48. The summed E-state index contributed by atoms with van der Waals surface area (Å²) in [6, 6.07) is 6.43. The molecule has 0 radical (unpaired) electrons. The van der Waals surface area contributed by atoms with Crippen molar-refractivity contribution in [2.45, 2.75) is 58.5 Å². The van der Waals surface area contributed by atoms with E-state index in [9.17, 15) is 0 Å². The van der Waals surface area contributed by atoms with Crippen LogP contribution in [0.4, 0.5) is 17.6 Å². The standard InChI is InChI=1S/C22H32N6OS/c1-16-7-5-10-27(15-16)19-13-20(28-11-4-3-8-17(28)2)25-21(24-19)26-22(30)23-14-18-9-6-12-29-18/h6,9,12-13,16-17H,3-5,7-8,10-11,14-15H2,1-2H3,(H2,23,24,25,26,30). The molecule has 162 valence electrons. The van der Waals surface area contributed by atoms with Crippen LogP contribution in [0.5, 0.6) is 0 Å². The van der Waals surface area contributed by atoms with Crippen LogP contribution in [-0.2, 0) is 6.54 Å². The van der Waals surface area contributed by atoms with Gasteiger partial charge in [-0.05, 0) is 69.3 Å². The summed E-state index contributed by atoms with van der Waals surface area (Å²) < 4.78 is 5.36. The number of thiocarbonyl (C=S) groups is 1. The van der Waals surface area contributed by atoms with Crippen molar-refractivity contribution in [1.29, 1.82) is 0 Å². The molecule has 4 rings (SSSR count). The van der Waals surface area contributed by atoms with Crippen molar-refractivity contribution in [2.75, 3.05) is 34.8 Å². The van der Waals surface area contributed by atoms with Crippen LogP contribution in [0.25, 0.3) is 0 Å². The Morgan fingerprint density at radius 3 is 2.80 bits per heavy atom. The Hall–Kier alpha value is -2.35. The van der Waals surface area contributed by atoms with Gasteiger partial charge in [0, 0.05) is 31.7 Å². The molecular formula is C22H32N6OS. The SMILES string of the molecule is CC1CCCN(c2cc(N3CCCCC3C)nc(NC(=S)NCc3ccco3)n2)C1. The van der Waals surface area contributed by atoms with Gasteiger partial charge in [0.1, 0.15) is 17.4 Å². The lowest BCUT2D eigenvalue weighted by molar-refractivity contribution is 0.444. The van der Waals surface area contributed by atoms with Crippen LogP contribution in [0, 0.1) is 5.92 Å². The molecule has 0 amide bonds. The number of anilines is 3. The van der Waals surface area contributed by atoms with Gasteiger partial charge in [0.2, 0.25) is 5.95 Å². The van der Waals surface area contributed by atoms with E-state index >= 15 is 0 Å². The Balaban J connectivity index is 1.53. The zero-order valence-corrected chi connectivity index (χ0v) is 18.7. The summed E-state index contributed by atoms with van der Waals surface area (Å²) >= 11 is 5.48. The zero-order valence-electron chi connectivity index (χ0n) is 17.9. The number of piperidine rings is 2. The van der Waals surface area contributed by atoms with E-state index in [2.05, 4.69) is 40.3 Å². The van der Waals surface area contributed by atoms with Gasteiger partial charge in [-0.3, -0.25) is 0 Å². The first-order chi connectivity index (χ1) is 14.6. The van der Waals surface area contributed by atoms with Gasteiger partial charge in [0.15, 0.2) is 5.11 Å². The molecule has 2 aliphatic rings. The monoisotopic (exact) mass is 428 g/mol. The first kappa shape index (κ1) is 20.9. The smallest absolute Gasteiger partial charge is 0.232 e. The highest BCUT2D eigenvalue weighted by Crippen LogP contribution is 2.29. The molecule has 0 bridgehead atoms. The molecule has 2 aromatic rings. The molecule has 4 heterocycles. The number of rotatable bonds is 5. The molecule has 0 saturated carbocycles. The molecule has 7 nitrogen and oxygen atoms in total. The van der Waals surface area contributed by atoms with E-state index in [0.717, 1.165) is 37.0 Å². The van der Waals surface area contributed by atoms with Crippen molar-refractivity contribution < 1.29 is 4.42 Å². The molecule has 2 N–H and O–H groups in total. The average molecular weight is 429 g/mol. The van der Waals surface area contributed by atoms with Gasteiger partial charge in [0.05, 0.1) is 12.8 Å². The van der Waals surface area contributed by atoms with E-state index in [1.807, 2.05) is 12.1 Å². The summed E-state index contributed by atoms with van der Waals surface area (Å²) in [5.41, 5.74) is 0. The lowest BCUT2D eigenvalue weighted by Gasteiger charge is -2.36. The quantitative estimate of drug-likeness (QED) is 0.688. The van der Waals surface area contributed by atoms with E-state index in [1.54, 1.807) is 6.26 Å². The Morgan fingerprint density at radius 2 is 2.03 bits per heavy atom. The molecule has 2 fully saturated rings. The van der Waals surface area contributed by atoms with Crippen molar-refractivity contribution in [3.05, 3.63) is 30.2 Å². The van der Waals surface area contributed by atoms with Crippen molar-refractivity contribution >= 4 is 34.9 Å². The number of aromatic nitrogens is 2. The van der Waals surface area contributed by atoms with Gasteiger partial charge >= 0.3 is 0 Å². The van der Waals surface area contributed by atoms with Crippen LogP contribution >= 0.6 is 12.2 Å². The fraction of sp³-hybridized carbons (Fsp3) is 0.591. The number of hydrogen-bond donors (Lipinski definition) is 2. The van der Waals surface area contributed by atoms with Crippen molar-refractivity contribution in [3.63, 3.8) is 0 Å². The predicted octanol–water partition coefficient (Wildman–Crippen LogP) is 4.17. The average Bonchev–Trinajstić information content (AvgIpc) is 3.26. The second-order valence-electron chi connectivity index (χ2n) is 8.53. The highest BCUT2D eigenvalue weighted by atomic mass is 32.1. The number of hydrogen-bond acceptors (Lipinski definition) is 6. The van der Waals surface area contributed by atoms with Crippen LogP contribution in [0.3, 0.4) is 0 Å². The van der Waals surface area contributed by atoms with Gasteiger partial charge in [-0.25, -0.2) is 0 Å². The minimum Gasteiger partial charge on any atom is -0.467 e. The molecule has 2 aliphatic heterocycles. The third-order valence-corrected chi connectivity index (χ3v) is 6.25. The van der Waals surface area contributed by atoms with Crippen LogP contribution < -0.4 is 20.4 Å². The van der Waals surface area contributed by atoms with E-state index in [-0.39, 0.29) is 0 Å². The topological polar surface area (TPSA) is 69.5 Å². The summed E-state index contributed by atoms with van der Waals surface area (Å²) in [4.78, 5) is 14.5. The molecule has 0 spiro atoms. The molecule has 30 heavy (non-hydrogen) atoms. The van der Waals surface area contributed by atoms with Crippen molar-refractivity contribution in [2.24, 2.45) is 5.92 Å². The molecule has 2 saturated heterocycles. The summed E-state index contributed by atoms with van der Waals surface area (Å²) in [5, 5.41) is 6.85. The van der Waals surface area contributed by atoms with Gasteiger partial charge < -0.3 is 24.9 Å². The minimum absolute atomic E-state index is 0.485. The maximum atomic E-state index is 5.48. The van der Waals surface area contributed by atoms with Gasteiger partial charge in [0.25, 0.3) is 0 Å². The van der Waals surface area contributed by atoms with E-state index in [0.29, 0.717) is 29.6 Å². The van der Waals surface area contributed by atoms with Crippen molar-refractivity contribution in [3.8, 4) is 0 Å². The van der Waals surface area contributed by atoms with Crippen LogP contribution in [0.15, 0.2) is 28.9 Å². The summed E-state index contributed by atoms with van der Waals surface area (Å²) in [7, 11) is 0. The molecular weight excluding hydrogens is 396 g/mol. The lowest BCUT2D eigenvalue weighted by atomic mass is 10.0. The maximum Gasteiger partial charge on any atom is 0.232 e. The molecule has 2 aromatic heterocycles. The second-order valence-corrected chi connectivity index (χ2v) is 8.93. The largest absolute Gasteiger partial charge is 0.467 e. The van der Waals surface area contributed by atoms with Crippen LogP contribution in [0.1, 0.15) is 51.7 Å². The zero-order chi connectivity index (χ0) is 20.9. The minimum atomic E-state index is 0.485. The van der Waals surface area contributed by atoms with Crippen LogP contribution in [0.2, 0.25) is 0 Å². The predicted molar refractivity (Wildman–Crippen MR) is 125 cm³/mol. The Labute approximate surface area is 184 Å². The van der Waals surface area contributed by atoms with Gasteiger partial charge in [-0.1, -0.05) is 6.92 Å². The highest BCUT2D eigenvalue weighted by molar-refractivity contribution is 7.80. The third-order valence-electron chi connectivity index (χ3n) is 6.01. The Bertz CT molecular complexity index is 842. The first-order valence-corrected chi connectivity index (χ1v) is 11.5. The van der Waals surface area contributed by atoms with Gasteiger partial charge in [-0.2, -0.15) is 9.97 Å². The fourth-order valence-corrected chi connectivity index (χ4v) is 4.51. The van der Waals surface area contributed by atoms with E-state index in [4.69, 9.17) is 26.6 Å².